The van der Waals surface area contributed by atoms with Gasteiger partial charge in [-0.05, 0) is 30.5 Å². The summed E-state index contributed by atoms with van der Waals surface area (Å²) in [6.45, 7) is 12.2. The van der Waals surface area contributed by atoms with Crippen LogP contribution < -0.4 is 15.0 Å². The van der Waals surface area contributed by atoms with Gasteiger partial charge in [-0.1, -0.05) is 43.8 Å². The number of hydrogen-bond acceptors (Lipinski definition) is 6. The van der Waals surface area contributed by atoms with Crippen LogP contribution in [-0.2, 0) is 0 Å². The minimum Gasteiger partial charge on any atom is -0.496 e. The Kier molecular flexibility index (Phi) is 7.23. The Morgan fingerprint density at radius 3 is 2.67 bits per heavy atom. The molecule has 0 spiro atoms. The highest BCUT2D eigenvalue weighted by molar-refractivity contribution is 5.70. The molecular formula is C27H34N4O2. The van der Waals surface area contributed by atoms with Gasteiger partial charge in [0.1, 0.15) is 5.75 Å². The summed E-state index contributed by atoms with van der Waals surface area (Å²) in [6.07, 6.45) is 3.82. The van der Waals surface area contributed by atoms with E-state index in [1.54, 1.807) is 13.3 Å². The lowest BCUT2D eigenvalue weighted by Crippen LogP contribution is -2.36. The number of aromatic nitrogens is 1. The minimum absolute atomic E-state index is 0.273. The highest BCUT2D eigenvalue weighted by Gasteiger charge is 2.20. The van der Waals surface area contributed by atoms with E-state index in [1.165, 1.54) is 5.56 Å². The molecule has 1 unspecified atom stereocenters. The predicted molar refractivity (Wildman–Crippen MR) is 133 cm³/mol. The van der Waals surface area contributed by atoms with Crippen molar-refractivity contribution in [2.45, 2.75) is 32.7 Å². The van der Waals surface area contributed by atoms with Crippen molar-refractivity contribution < 1.29 is 9.15 Å². The first-order valence-electron chi connectivity index (χ1n) is 11.7. The standard InChI is InChI=1S/C27H34N4O2/c1-5-25(22-10-7-6-8-11-22)29-20(2)30-14-9-15-31(17-16-30)23-12-13-24(26(18-23)32-4)27-19-28-21(3)33-27/h6-8,10-13,18-19,25,29H,2,5,9,14-17H2,1,3-4H3. The maximum Gasteiger partial charge on any atom is 0.191 e. The number of aryl methyl sites for hydroxylation is 1. The van der Waals surface area contributed by atoms with Gasteiger partial charge in [-0.3, -0.25) is 0 Å². The first-order chi connectivity index (χ1) is 16.1. The van der Waals surface area contributed by atoms with Crippen molar-refractivity contribution in [1.82, 2.24) is 15.2 Å². The van der Waals surface area contributed by atoms with E-state index in [4.69, 9.17) is 9.15 Å². The zero-order chi connectivity index (χ0) is 23.2. The Labute approximate surface area is 196 Å². The zero-order valence-corrected chi connectivity index (χ0v) is 19.9. The monoisotopic (exact) mass is 446 g/mol. The molecule has 4 rings (SSSR count). The van der Waals surface area contributed by atoms with Crippen LogP contribution in [0.3, 0.4) is 0 Å². The van der Waals surface area contributed by atoms with E-state index in [9.17, 15) is 0 Å². The van der Waals surface area contributed by atoms with Gasteiger partial charge >= 0.3 is 0 Å². The van der Waals surface area contributed by atoms with Crippen molar-refractivity contribution in [3.05, 3.63) is 78.6 Å². The number of benzene rings is 2. The Morgan fingerprint density at radius 1 is 1.15 bits per heavy atom. The third-order valence-corrected chi connectivity index (χ3v) is 6.27. The van der Waals surface area contributed by atoms with Gasteiger partial charge in [0, 0.05) is 44.9 Å². The van der Waals surface area contributed by atoms with E-state index in [2.05, 4.69) is 82.1 Å². The molecule has 0 radical (unpaired) electrons. The van der Waals surface area contributed by atoms with Gasteiger partial charge in [0.2, 0.25) is 0 Å². The summed E-state index contributed by atoms with van der Waals surface area (Å²) >= 11 is 0. The van der Waals surface area contributed by atoms with E-state index in [1.807, 2.05) is 6.92 Å². The molecule has 1 aliphatic rings. The molecule has 1 aliphatic heterocycles. The van der Waals surface area contributed by atoms with Crippen molar-refractivity contribution in [2.75, 3.05) is 38.2 Å². The zero-order valence-electron chi connectivity index (χ0n) is 19.9. The molecule has 174 valence electrons. The van der Waals surface area contributed by atoms with Gasteiger partial charge in [-0.25, -0.2) is 4.98 Å². The van der Waals surface area contributed by atoms with Gasteiger partial charge in [-0.2, -0.15) is 0 Å². The molecule has 0 aliphatic carbocycles. The Balaban J connectivity index is 1.42. The highest BCUT2D eigenvalue weighted by atomic mass is 16.5. The molecular weight excluding hydrogens is 412 g/mol. The van der Waals surface area contributed by atoms with E-state index >= 15 is 0 Å². The van der Waals surface area contributed by atoms with Gasteiger partial charge in [0.15, 0.2) is 11.7 Å². The van der Waals surface area contributed by atoms with Crippen LogP contribution in [0.15, 0.2) is 71.5 Å². The first-order valence-corrected chi connectivity index (χ1v) is 11.7. The number of methoxy groups -OCH3 is 1. The van der Waals surface area contributed by atoms with E-state index in [-0.39, 0.29) is 6.04 Å². The van der Waals surface area contributed by atoms with Crippen LogP contribution in [-0.4, -0.2) is 43.2 Å². The largest absolute Gasteiger partial charge is 0.496 e. The van der Waals surface area contributed by atoms with Gasteiger partial charge in [0.25, 0.3) is 0 Å². The fourth-order valence-corrected chi connectivity index (χ4v) is 4.41. The van der Waals surface area contributed by atoms with Crippen LogP contribution in [0.25, 0.3) is 11.3 Å². The topological polar surface area (TPSA) is 53.8 Å². The fourth-order valence-electron chi connectivity index (χ4n) is 4.41. The lowest BCUT2D eigenvalue weighted by molar-refractivity contribution is 0.326. The lowest BCUT2D eigenvalue weighted by Gasteiger charge is -2.30. The van der Waals surface area contributed by atoms with Crippen LogP contribution in [0, 0.1) is 6.92 Å². The molecule has 6 heteroatoms. The molecule has 1 aromatic heterocycles. The van der Waals surface area contributed by atoms with E-state index in [0.717, 1.165) is 67.6 Å². The summed E-state index contributed by atoms with van der Waals surface area (Å²) in [7, 11) is 1.70. The minimum atomic E-state index is 0.273. The molecule has 0 saturated carbocycles. The molecule has 1 fully saturated rings. The fraction of sp³-hybridized carbons (Fsp3) is 0.370. The Morgan fingerprint density at radius 2 is 1.97 bits per heavy atom. The van der Waals surface area contributed by atoms with Crippen molar-refractivity contribution in [3.8, 4) is 17.1 Å². The molecule has 1 saturated heterocycles. The van der Waals surface area contributed by atoms with Crippen LogP contribution in [0.2, 0.25) is 0 Å². The molecule has 6 nitrogen and oxygen atoms in total. The highest BCUT2D eigenvalue weighted by Crippen LogP contribution is 2.34. The Bertz CT molecular complexity index is 1060. The maximum atomic E-state index is 5.70. The maximum absolute atomic E-state index is 5.70. The normalized spacial score (nSPS) is 15.1. The molecule has 33 heavy (non-hydrogen) atoms. The molecule has 2 heterocycles. The van der Waals surface area contributed by atoms with Crippen LogP contribution in [0.5, 0.6) is 5.75 Å². The average Bonchev–Trinajstić information content (AvgIpc) is 3.13. The first kappa shape index (κ1) is 22.8. The summed E-state index contributed by atoms with van der Waals surface area (Å²) < 4.78 is 11.4. The number of rotatable bonds is 8. The summed E-state index contributed by atoms with van der Waals surface area (Å²) in [5, 5.41) is 3.66. The summed E-state index contributed by atoms with van der Waals surface area (Å²) in [5.74, 6) is 3.17. The lowest BCUT2D eigenvalue weighted by atomic mass is 10.0. The van der Waals surface area contributed by atoms with Crippen molar-refractivity contribution in [2.24, 2.45) is 0 Å². The quantitative estimate of drug-likeness (QED) is 0.501. The van der Waals surface area contributed by atoms with Gasteiger partial charge in [0.05, 0.1) is 30.7 Å². The van der Waals surface area contributed by atoms with Crippen LogP contribution in [0.4, 0.5) is 5.69 Å². The molecule has 0 bridgehead atoms. The van der Waals surface area contributed by atoms with E-state index in [0.29, 0.717) is 5.89 Å². The smallest absolute Gasteiger partial charge is 0.191 e. The van der Waals surface area contributed by atoms with Crippen molar-refractivity contribution in [1.29, 1.82) is 0 Å². The summed E-state index contributed by atoms with van der Waals surface area (Å²) in [6, 6.07) is 17.2. The summed E-state index contributed by atoms with van der Waals surface area (Å²) in [5.41, 5.74) is 3.37. The number of hydrogen-bond donors (Lipinski definition) is 1. The second-order valence-electron chi connectivity index (χ2n) is 8.42. The van der Waals surface area contributed by atoms with Crippen molar-refractivity contribution in [3.63, 3.8) is 0 Å². The van der Waals surface area contributed by atoms with Gasteiger partial charge < -0.3 is 24.3 Å². The molecule has 2 aromatic carbocycles. The Hall–Kier alpha value is -3.41. The second-order valence-corrected chi connectivity index (χ2v) is 8.42. The third kappa shape index (κ3) is 5.33. The molecule has 0 amide bonds. The number of anilines is 1. The SMILES string of the molecule is C=C(NC(CC)c1ccccc1)N1CCCN(c2ccc(-c3cnc(C)o3)c(OC)c2)CC1. The number of oxazole rings is 1. The number of nitrogens with one attached hydrogen (secondary N) is 1. The molecule has 1 N–H and O–H groups in total. The van der Waals surface area contributed by atoms with Gasteiger partial charge in [-0.15, -0.1) is 0 Å². The second kappa shape index (κ2) is 10.5. The molecule has 1 atom stereocenters. The number of ether oxygens (including phenoxy) is 1. The third-order valence-electron chi connectivity index (χ3n) is 6.27. The van der Waals surface area contributed by atoms with Crippen LogP contribution in [0.1, 0.15) is 37.3 Å². The van der Waals surface area contributed by atoms with Crippen molar-refractivity contribution >= 4 is 5.69 Å². The average molecular weight is 447 g/mol. The van der Waals surface area contributed by atoms with Crippen LogP contribution >= 0.6 is 0 Å². The molecule has 3 aromatic rings. The predicted octanol–water partition coefficient (Wildman–Crippen LogP) is 5.38. The summed E-state index contributed by atoms with van der Waals surface area (Å²) in [4.78, 5) is 9.00. The number of nitrogens with zero attached hydrogens (tertiary/aromatic N) is 3. The van der Waals surface area contributed by atoms with E-state index < -0.39 is 0 Å².